The van der Waals surface area contributed by atoms with Crippen LogP contribution in [0.2, 0.25) is 0 Å². The van der Waals surface area contributed by atoms with Crippen molar-refractivity contribution in [2.75, 3.05) is 0 Å². The van der Waals surface area contributed by atoms with Crippen molar-refractivity contribution >= 4 is 12.6 Å². The average Bonchev–Trinajstić information content (AvgIpc) is 1.66. The molecule has 0 aromatic heterocycles. The predicted molar refractivity (Wildman–Crippen MR) is 36.0 cm³/mol. The van der Waals surface area contributed by atoms with Gasteiger partial charge in [0, 0.05) is 6.21 Å². The number of nitrogens with two attached hydrogens (primary N) is 1. The second-order valence-electron chi connectivity index (χ2n) is 1.81. The molecule has 46 valence electrons. The fourth-order valence-corrected chi connectivity index (χ4v) is 0.249. The molecule has 0 saturated carbocycles. The first kappa shape index (κ1) is 7.14. The topological polar surface area (TPSA) is 50.7 Å². The number of hydrazone groups is 1. The third-order valence-corrected chi connectivity index (χ3v) is 0.518. The summed E-state index contributed by atoms with van der Waals surface area (Å²) in [6, 6.07) is 0. The summed E-state index contributed by atoms with van der Waals surface area (Å²) in [4.78, 5) is 3.75. The number of rotatable bonds is 2. The van der Waals surface area contributed by atoms with Crippen molar-refractivity contribution in [3.8, 4) is 0 Å². The zero-order valence-electron chi connectivity index (χ0n) is 5.20. The summed E-state index contributed by atoms with van der Waals surface area (Å²) < 4.78 is 0. The highest BCUT2D eigenvalue weighted by atomic mass is 15.1. The van der Waals surface area contributed by atoms with Gasteiger partial charge in [-0.3, -0.25) is 0 Å². The van der Waals surface area contributed by atoms with Crippen molar-refractivity contribution in [1.29, 1.82) is 0 Å². The van der Waals surface area contributed by atoms with E-state index in [1.165, 1.54) is 6.34 Å². The van der Waals surface area contributed by atoms with Gasteiger partial charge >= 0.3 is 0 Å². The maximum atomic E-state index is 4.77. The molecule has 3 nitrogen and oxygen atoms in total. The highest BCUT2D eigenvalue weighted by Gasteiger charge is 1.79. The van der Waals surface area contributed by atoms with Crippen molar-refractivity contribution < 1.29 is 0 Å². The van der Waals surface area contributed by atoms with Crippen LogP contribution in [0.4, 0.5) is 0 Å². The molecule has 0 unspecified atom stereocenters. The van der Waals surface area contributed by atoms with Crippen LogP contribution in [0, 0.1) is 5.92 Å². The van der Waals surface area contributed by atoms with Crippen molar-refractivity contribution in [2.24, 2.45) is 21.9 Å². The van der Waals surface area contributed by atoms with Gasteiger partial charge in [0.1, 0.15) is 6.34 Å². The summed E-state index contributed by atoms with van der Waals surface area (Å²) in [6.45, 7) is 4.07. The number of aliphatic imine (C=N–C) groups is 1. The first-order chi connectivity index (χ1) is 3.77. The Kier molecular flexibility index (Phi) is 3.84. The predicted octanol–water partition coefficient (Wildman–Crippen LogP) is 0.615. The molecule has 0 spiro atoms. The third kappa shape index (κ3) is 5.14. The van der Waals surface area contributed by atoms with Crippen molar-refractivity contribution in [2.45, 2.75) is 13.8 Å². The Morgan fingerprint density at radius 3 is 2.50 bits per heavy atom. The molecule has 0 aliphatic heterocycles. The maximum Gasteiger partial charge on any atom is 0.134 e. The smallest absolute Gasteiger partial charge is 0.134 e. The molecule has 0 aromatic carbocycles. The largest absolute Gasteiger partial charge is 0.322 e. The Hall–Kier alpha value is -0.860. The van der Waals surface area contributed by atoms with E-state index in [9.17, 15) is 0 Å². The molecular formula is C5H11N3. The molecule has 0 bridgehead atoms. The van der Waals surface area contributed by atoms with Crippen molar-refractivity contribution in [3.05, 3.63) is 0 Å². The lowest BCUT2D eigenvalue weighted by molar-refractivity contribution is 0.909. The van der Waals surface area contributed by atoms with Crippen LogP contribution in [-0.4, -0.2) is 12.6 Å². The van der Waals surface area contributed by atoms with Gasteiger partial charge in [0.05, 0.1) is 0 Å². The van der Waals surface area contributed by atoms with Crippen LogP contribution in [0.3, 0.4) is 0 Å². The van der Waals surface area contributed by atoms with E-state index in [1.54, 1.807) is 6.21 Å². The second-order valence-corrected chi connectivity index (χ2v) is 1.81. The van der Waals surface area contributed by atoms with Crippen molar-refractivity contribution in [1.82, 2.24) is 0 Å². The first-order valence-corrected chi connectivity index (χ1v) is 2.52. The molecule has 0 rings (SSSR count). The van der Waals surface area contributed by atoms with E-state index < -0.39 is 0 Å². The standard InChI is InChI=1S/C5H11N3/c1-5(2)3-7-4-8-6/h3-5H,6H2,1-2H3/b7-3?,8-4-. The van der Waals surface area contributed by atoms with Gasteiger partial charge in [-0.15, -0.1) is 0 Å². The summed E-state index contributed by atoms with van der Waals surface area (Å²) in [5.74, 6) is 5.24. The first-order valence-electron chi connectivity index (χ1n) is 2.52. The van der Waals surface area contributed by atoms with Crippen LogP contribution >= 0.6 is 0 Å². The Balaban J connectivity index is 3.34. The average molecular weight is 113 g/mol. The minimum atomic E-state index is 0.466. The quantitative estimate of drug-likeness (QED) is 0.242. The highest BCUT2D eigenvalue weighted by Crippen LogP contribution is 1.82. The molecule has 0 heterocycles. The van der Waals surface area contributed by atoms with E-state index in [0.29, 0.717) is 5.92 Å². The van der Waals surface area contributed by atoms with Crippen LogP contribution in [0.15, 0.2) is 10.1 Å². The van der Waals surface area contributed by atoms with Gasteiger partial charge in [0.25, 0.3) is 0 Å². The summed E-state index contributed by atoms with van der Waals surface area (Å²) in [7, 11) is 0. The van der Waals surface area contributed by atoms with E-state index >= 15 is 0 Å². The van der Waals surface area contributed by atoms with E-state index in [1.807, 2.05) is 13.8 Å². The SMILES string of the molecule is CC(C)C=N/C=N\N. The van der Waals surface area contributed by atoms with Crippen LogP contribution in [0.25, 0.3) is 0 Å². The van der Waals surface area contributed by atoms with Gasteiger partial charge in [-0.2, -0.15) is 5.10 Å². The van der Waals surface area contributed by atoms with Crippen LogP contribution < -0.4 is 5.84 Å². The highest BCUT2D eigenvalue weighted by molar-refractivity contribution is 5.72. The molecule has 0 aliphatic rings. The number of hydrogen-bond acceptors (Lipinski definition) is 2. The van der Waals surface area contributed by atoms with Crippen LogP contribution in [0.1, 0.15) is 13.8 Å². The van der Waals surface area contributed by atoms with Gasteiger partial charge in [0.2, 0.25) is 0 Å². The normalized spacial score (nSPS) is 12.4. The fraction of sp³-hybridized carbons (Fsp3) is 0.600. The molecule has 2 N–H and O–H groups in total. The Bertz CT molecular complexity index is 93.8. The number of nitrogens with zero attached hydrogens (tertiary/aromatic N) is 2. The van der Waals surface area contributed by atoms with Gasteiger partial charge in [0.15, 0.2) is 0 Å². The second kappa shape index (κ2) is 4.30. The lowest BCUT2D eigenvalue weighted by Gasteiger charge is -1.86. The Labute approximate surface area is 49.3 Å². The molecule has 0 amide bonds. The van der Waals surface area contributed by atoms with Gasteiger partial charge < -0.3 is 5.84 Å². The summed E-state index contributed by atoms with van der Waals surface area (Å²) in [6.07, 6.45) is 3.09. The lowest BCUT2D eigenvalue weighted by atomic mass is 10.3. The molecule has 0 aliphatic carbocycles. The molecule has 0 atom stereocenters. The van der Waals surface area contributed by atoms with Crippen LogP contribution in [-0.2, 0) is 0 Å². The zero-order chi connectivity index (χ0) is 6.41. The monoisotopic (exact) mass is 113 g/mol. The minimum absolute atomic E-state index is 0.466. The van der Waals surface area contributed by atoms with Gasteiger partial charge in [-0.25, -0.2) is 4.99 Å². The lowest BCUT2D eigenvalue weighted by Crippen LogP contribution is -1.87. The summed E-state index contributed by atoms with van der Waals surface area (Å²) >= 11 is 0. The van der Waals surface area contributed by atoms with Gasteiger partial charge in [-0.05, 0) is 5.92 Å². The molecule has 3 heteroatoms. The van der Waals surface area contributed by atoms with Crippen molar-refractivity contribution in [3.63, 3.8) is 0 Å². The van der Waals surface area contributed by atoms with E-state index in [2.05, 4.69) is 10.1 Å². The van der Waals surface area contributed by atoms with E-state index in [-0.39, 0.29) is 0 Å². The molecular weight excluding hydrogens is 102 g/mol. The Morgan fingerprint density at radius 2 is 2.12 bits per heavy atom. The molecule has 8 heavy (non-hydrogen) atoms. The third-order valence-electron chi connectivity index (χ3n) is 0.518. The minimum Gasteiger partial charge on any atom is -0.322 e. The maximum absolute atomic E-state index is 4.77. The van der Waals surface area contributed by atoms with E-state index in [0.717, 1.165) is 0 Å². The van der Waals surface area contributed by atoms with Crippen LogP contribution in [0.5, 0.6) is 0 Å². The molecule has 0 aromatic rings. The zero-order valence-corrected chi connectivity index (χ0v) is 5.20. The Morgan fingerprint density at radius 1 is 1.50 bits per heavy atom. The molecule has 0 fully saturated rings. The summed E-state index contributed by atoms with van der Waals surface area (Å²) in [5, 5.41) is 3.18. The summed E-state index contributed by atoms with van der Waals surface area (Å²) in [5.41, 5.74) is 0. The van der Waals surface area contributed by atoms with Gasteiger partial charge in [-0.1, -0.05) is 13.8 Å². The number of hydrogen-bond donors (Lipinski definition) is 1. The fourth-order valence-electron chi connectivity index (χ4n) is 0.249. The molecule has 0 saturated heterocycles. The van der Waals surface area contributed by atoms with E-state index in [4.69, 9.17) is 5.84 Å². The molecule has 0 radical (unpaired) electrons.